The lowest BCUT2D eigenvalue weighted by Crippen LogP contribution is -2.46. The van der Waals surface area contributed by atoms with Gasteiger partial charge in [0.1, 0.15) is 12.2 Å². The van der Waals surface area contributed by atoms with Crippen molar-refractivity contribution in [3.05, 3.63) is 11.9 Å². The summed E-state index contributed by atoms with van der Waals surface area (Å²) >= 11 is 0. The van der Waals surface area contributed by atoms with Gasteiger partial charge in [-0.15, -0.1) is 5.10 Å². The van der Waals surface area contributed by atoms with Gasteiger partial charge in [0.15, 0.2) is 0 Å². The summed E-state index contributed by atoms with van der Waals surface area (Å²) in [6.45, 7) is 5.60. The molecule has 0 spiro atoms. The van der Waals surface area contributed by atoms with E-state index in [1.807, 2.05) is 6.92 Å². The maximum Gasteiger partial charge on any atom is 0.325 e. The molecule has 0 aliphatic rings. The van der Waals surface area contributed by atoms with E-state index in [9.17, 15) is 14.7 Å². The van der Waals surface area contributed by atoms with Crippen molar-refractivity contribution in [3.63, 3.8) is 0 Å². The summed E-state index contributed by atoms with van der Waals surface area (Å²) in [7, 11) is 0. The number of carbonyl (C=O) groups is 2. The van der Waals surface area contributed by atoms with E-state index < -0.39 is 11.6 Å². The topological polar surface area (TPSA) is 121 Å². The van der Waals surface area contributed by atoms with E-state index in [0.717, 1.165) is 0 Å². The highest BCUT2D eigenvalue weighted by Crippen LogP contribution is 2.05. The van der Waals surface area contributed by atoms with E-state index in [1.54, 1.807) is 13.8 Å². The summed E-state index contributed by atoms with van der Waals surface area (Å²) in [4.78, 5) is 24.0. The van der Waals surface area contributed by atoms with Gasteiger partial charge in [-0.2, -0.15) is 0 Å². The van der Waals surface area contributed by atoms with Crippen molar-refractivity contribution in [1.82, 2.24) is 25.2 Å². The van der Waals surface area contributed by atoms with Gasteiger partial charge in [-0.1, -0.05) is 5.21 Å². The summed E-state index contributed by atoms with van der Waals surface area (Å²) in [5, 5.41) is 28.4. The van der Waals surface area contributed by atoms with Crippen LogP contribution in [0.25, 0.3) is 0 Å². The Hall–Kier alpha value is -2.16. The Kier molecular flexibility index (Phi) is 5.65. The Morgan fingerprint density at radius 1 is 1.48 bits per heavy atom. The lowest BCUT2D eigenvalue weighted by Gasteiger charge is -2.28. The molecule has 0 fully saturated rings. The summed E-state index contributed by atoms with van der Waals surface area (Å²) in [5.74, 6) is -1.02. The third-order valence-corrected chi connectivity index (χ3v) is 2.55. The van der Waals surface area contributed by atoms with E-state index >= 15 is 0 Å². The van der Waals surface area contributed by atoms with E-state index in [1.165, 1.54) is 15.8 Å². The second-order valence-corrected chi connectivity index (χ2v) is 5.29. The van der Waals surface area contributed by atoms with E-state index in [0.29, 0.717) is 12.2 Å². The zero-order valence-corrected chi connectivity index (χ0v) is 12.4. The van der Waals surface area contributed by atoms with Gasteiger partial charge in [0.2, 0.25) is 0 Å². The van der Waals surface area contributed by atoms with Gasteiger partial charge < -0.3 is 20.4 Å². The highest BCUT2D eigenvalue weighted by molar-refractivity contribution is 5.74. The molecule has 118 valence electrons. The van der Waals surface area contributed by atoms with Gasteiger partial charge >= 0.3 is 12.0 Å². The van der Waals surface area contributed by atoms with Crippen LogP contribution in [0, 0.1) is 0 Å². The molecular weight excluding hydrogens is 278 g/mol. The molecule has 3 N–H and O–H groups in total. The number of likely N-dealkylation sites (N-methyl/N-ethyl adjacent to an activating group) is 1. The number of nitrogens with one attached hydrogen (secondary N) is 1. The third-order valence-electron chi connectivity index (χ3n) is 2.55. The van der Waals surface area contributed by atoms with Crippen LogP contribution >= 0.6 is 0 Å². The largest absolute Gasteiger partial charge is 0.480 e. The number of carboxylic acid groups (broad SMARTS) is 1. The van der Waals surface area contributed by atoms with Crippen molar-refractivity contribution in [2.45, 2.75) is 39.5 Å². The first-order valence-electron chi connectivity index (χ1n) is 6.57. The minimum absolute atomic E-state index is 0.140. The van der Waals surface area contributed by atoms with Crippen LogP contribution in [0.5, 0.6) is 0 Å². The Labute approximate surface area is 122 Å². The maximum absolute atomic E-state index is 12.0. The van der Waals surface area contributed by atoms with Crippen molar-refractivity contribution in [3.8, 4) is 0 Å². The van der Waals surface area contributed by atoms with Crippen LogP contribution in [0.1, 0.15) is 26.5 Å². The van der Waals surface area contributed by atoms with Crippen molar-refractivity contribution in [2.24, 2.45) is 0 Å². The van der Waals surface area contributed by atoms with Crippen molar-refractivity contribution in [2.75, 3.05) is 13.1 Å². The van der Waals surface area contributed by atoms with Crippen LogP contribution in [-0.2, 0) is 17.9 Å². The number of amides is 2. The zero-order chi connectivity index (χ0) is 16.0. The summed E-state index contributed by atoms with van der Waals surface area (Å²) in [5.41, 5.74) is -0.512. The molecule has 1 aromatic rings. The molecular formula is C12H21N5O4. The molecule has 1 aromatic heterocycles. The van der Waals surface area contributed by atoms with Gasteiger partial charge in [0.05, 0.1) is 24.9 Å². The molecule has 0 saturated carbocycles. The molecule has 1 heterocycles. The van der Waals surface area contributed by atoms with Crippen LogP contribution in [-0.4, -0.2) is 60.8 Å². The van der Waals surface area contributed by atoms with Gasteiger partial charge in [0.25, 0.3) is 0 Å². The van der Waals surface area contributed by atoms with E-state index in [4.69, 9.17) is 5.11 Å². The van der Waals surface area contributed by atoms with E-state index in [-0.39, 0.29) is 25.7 Å². The van der Waals surface area contributed by atoms with Crippen molar-refractivity contribution < 1.29 is 19.8 Å². The number of aliphatic hydroxyl groups is 1. The van der Waals surface area contributed by atoms with Gasteiger partial charge in [-0.3, -0.25) is 4.79 Å². The standard InChI is InChI=1S/C12H21N5O4/c1-4-16(8-12(2,3)21)11(20)13-5-9-6-17(15-14-9)7-10(18)19/h6,21H,4-5,7-8H2,1-3H3,(H,13,20)(H,18,19). The summed E-state index contributed by atoms with van der Waals surface area (Å²) < 4.78 is 1.18. The van der Waals surface area contributed by atoms with Crippen LogP contribution < -0.4 is 5.32 Å². The molecule has 0 saturated heterocycles. The first-order valence-corrected chi connectivity index (χ1v) is 6.57. The van der Waals surface area contributed by atoms with Gasteiger partial charge in [-0.05, 0) is 20.8 Å². The SMILES string of the molecule is CCN(CC(C)(C)O)C(=O)NCc1cn(CC(=O)O)nn1. The molecule has 9 nitrogen and oxygen atoms in total. The molecule has 9 heteroatoms. The number of hydrogen-bond donors (Lipinski definition) is 3. The first-order chi connectivity index (χ1) is 9.71. The second kappa shape index (κ2) is 7.02. The summed E-state index contributed by atoms with van der Waals surface area (Å²) in [6.07, 6.45) is 1.46. The molecule has 1 rings (SSSR count). The van der Waals surface area contributed by atoms with Crippen LogP contribution in [0.2, 0.25) is 0 Å². The Balaban J connectivity index is 2.51. The fourth-order valence-corrected chi connectivity index (χ4v) is 1.71. The molecule has 0 aliphatic carbocycles. The Bertz CT molecular complexity index is 494. The van der Waals surface area contributed by atoms with Crippen LogP contribution in [0.15, 0.2) is 6.20 Å². The van der Waals surface area contributed by atoms with Crippen LogP contribution in [0.3, 0.4) is 0 Å². The fourth-order valence-electron chi connectivity index (χ4n) is 1.71. The number of aliphatic carboxylic acids is 1. The average molecular weight is 299 g/mol. The number of hydrogen-bond acceptors (Lipinski definition) is 5. The fraction of sp³-hybridized carbons (Fsp3) is 0.667. The Morgan fingerprint density at radius 3 is 2.67 bits per heavy atom. The lowest BCUT2D eigenvalue weighted by atomic mass is 10.1. The van der Waals surface area contributed by atoms with E-state index in [2.05, 4.69) is 15.6 Å². The molecule has 0 bridgehead atoms. The third kappa shape index (κ3) is 6.21. The minimum Gasteiger partial charge on any atom is -0.480 e. The minimum atomic E-state index is -1.02. The molecule has 2 amide bonds. The van der Waals surface area contributed by atoms with Crippen molar-refractivity contribution >= 4 is 12.0 Å². The molecule has 0 aromatic carbocycles. The number of carboxylic acids is 1. The molecule has 0 atom stereocenters. The number of carbonyl (C=O) groups excluding carboxylic acids is 1. The number of urea groups is 1. The highest BCUT2D eigenvalue weighted by Gasteiger charge is 2.21. The zero-order valence-electron chi connectivity index (χ0n) is 12.4. The number of rotatable bonds is 7. The normalized spacial score (nSPS) is 11.2. The van der Waals surface area contributed by atoms with Crippen molar-refractivity contribution in [1.29, 1.82) is 0 Å². The number of aromatic nitrogens is 3. The molecule has 0 aliphatic heterocycles. The molecule has 0 unspecified atom stereocenters. The Morgan fingerprint density at radius 2 is 2.14 bits per heavy atom. The van der Waals surface area contributed by atoms with Crippen LogP contribution in [0.4, 0.5) is 4.79 Å². The predicted molar refractivity (Wildman–Crippen MR) is 73.4 cm³/mol. The van der Waals surface area contributed by atoms with Gasteiger partial charge in [0, 0.05) is 6.54 Å². The second-order valence-electron chi connectivity index (χ2n) is 5.29. The quantitative estimate of drug-likeness (QED) is 0.633. The maximum atomic E-state index is 12.0. The monoisotopic (exact) mass is 299 g/mol. The molecule has 0 radical (unpaired) electrons. The predicted octanol–water partition coefficient (Wildman–Crippen LogP) is -0.335. The smallest absolute Gasteiger partial charge is 0.325 e. The first kappa shape index (κ1) is 16.9. The highest BCUT2D eigenvalue weighted by atomic mass is 16.4. The summed E-state index contributed by atoms with van der Waals surface area (Å²) in [6, 6.07) is -0.326. The van der Waals surface area contributed by atoms with Gasteiger partial charge in [-0.25, -0.2) is 9.48 Å². The lowest BCUT2D eigenvalue weighted by molar-refractivity contribution is -0.137. The number of nitrogens with zero attached hydrogens (tertiary/aromatic N) is 4. The average Bonchev–Trinajstić information content (AvgIpc) is 2.78. The molecule has 21 heavy (non-hydrogen) atoms.